The summed E-state index contributed by atoms with van der Waals surface area (Å²) in [5.74, 6) is 0.518. The summed E-state index contributed by atoms with van der Waals surface area (Å²) in [6, 6.07) is 7.79. The van der Waals surface area contributed by atoms with Gasteiger partial charge in [0.15, 0.2) is 5.13 Å². The number of carbonyl (C=O) groups is 2. The van der Waals surface area contributed by atoms with Crippen molar-refractivity contribution in [2.24, 2.45) is 0 Å². The second-order valence-corrected chi connectivity index (χ2v) is 7.00. The van der Waals surface area contributed by atoms with Gasteiger partial charge in [0.25, 0.3) is 5.91 Å². The Kier molecular flexibility index (Phi) is 5.03. The van der Waals surface area contributed by atoms with Crippen LogP contribution < -0.4 is 15.0 Å². The zero-order valence-electron chi connectivity index (χ0n) is 14.5. The Hall–Kier alpha value is -2.41. The summed E-state index contributed by atoms with van der Waals surface area (Å²) in [5.41, 5.74) is 1.55. The predicted molar refractivity (Wildman–Crippen MR) is 97.2 cm³/mol. The van der Waals surface area contributed by atoms with Gasteiger partial charge in [-0.1, -0.05) is 29.5 Å². The molecule has 1 fully saturated rings. The van der Waals surface area contributed by atoms with Crippen LogP contribution in [0.2, 0.25) is 0 Å². The number of methoxy groups -OCH3 is 1. The molecule has 0 spiro atoms. The van der Waals surface area contributed by atoms with Crippen molar-refractivity contribution in [3.05, 3.63) is 40.4 Å². The van der Waals surface area contributed by atoms with E-state index >= 15 is 0 Å². The molecular weight excluding hydrogens is 338 g/mol. The molecule has 0 unspecified atom stereocenters. The van der Waals surface area contributed by atoms with Crippen LogP contribution in [0.1, 0.15) is 40.7 Å². The van der Waals surface area contributed by atoms with Gasteiger partial charge in [-0.15, -0.1) is 0 Å². The van der Waals surface area contributed by atoms with E-state index in [4.69, 9.17) is 4.74 Å². The Balaban J connectivity index is 1.73. The van der Waals surface area contributed by atoms with E-state index in [2.05, 4.69) is 10.3 Å². The minimum Gasteiger partial charge on any atom is -0.496 e. The minimum absolute atomic E-state index is 0.0303. The number of thiazole rings is 1. The Bertz CT molecular complexity index is 799. The molecule has 0 atom stereocenters. The number of nitrogens with one attached hydrogen (secondary N) is 1. The molecule has 1 aromatic carbocycles. The van der Waals surface area contributed by atoms with Crippen LogP contribution in [-0.4, -0.2) is 29.9 Å². The van der Waals surface area contributed by atoms with Gasteiger partial charge in [-0.2, -0.15) is 0 Å². The lowest BCUT2D eigenvalue weighted by atomic mass is 10.2. The van der Waals surface area contributed by atoms with Crippen molar-refractivity contribution in [3.63, 3.8) is 0 Å². The van der Waals surface area contributed by atoms with Crippen molar-refractivity contribution >= 4 is 28.3 Å². The summed E-state index contributed by atoms with van der Waals surface area (Å²) in [5, 5.41) is 3.51. The van der Waals surface area contributed by atoms with E-state index in [1.807, 2.05) is 24.3 Å². The number of rotatable bonds is 6. The van der Waals surface area contributed by atoms with E-state index in [0.717, 1.165) is 24.2 Å². The van der Waals surface area contributed by atoms with E-state index in [1.165, 1.54) is 18.3 Å². The van der Waals surface area contributed by atoms with Gasteiger partial charge in [0.2, 0.25) is 5.91 Å². The lowest BCUT2D eigenvalue weighted by Crippen LogP contribution is -2.30. The van der Waals surface area contributed by atoms with Gasteiger partial charge in [-0.05, 0) is 25.8 Å². The zero-order chi connectivity index (χ0) is 18.0. The van der Waals surface area contributed by atoms with Crippen molar-refractivity contribution in [2.75, 3.05) is 12.0 Å². The van der Waals surface area contributed by atoms with Crippen LogP contribution in [0.5, 0.6) is 5.75 Å². The predicted octanol–water partition coefficient (Wildman–Crippen LogP) is 2.91. The number of amides is 2. The molecular formula is C18H21N3O3S. The Morgan fingerprint density at radius 1 is 1.36 bits per heavy atom. The van der Waals surface area contributed by atoms with Crippen LogP contribution in [-0.2, 0) is 11.3 Å². The first-order valence-corrected chi connectivity index (χ1v) is 9.00. The highest BCUT2D eigenvalue weighted by atomic mass is 32.1. The molecule has 1 heterocycles. The zero-order valence-corrected chi connectivity index (χ0v) is 15.4. The molecule has 132 valence electrons. The average molecular weight is 359 g/mol. The highest BCUT2D eigenvalue weighted by Crippen LogP contribution is 2.35. The molecule has 25 heavy (non-hydrogen) atoms. The number of benzene rings is 1. The summed E-state index contributed by atoms with van der Waals surface area (Å²) in [6.07, 6.45) is 1.99. The number of anilines is 1. The Labute approximate surface area is 150 Å². The van der Waals surface area contributed by atoms with Crippen LogP contribution >= 0.6 is 11.3 Å². The molecule has 2 amide bonds. The van der Waals surface area contributed by atoms with Gasteiger partial charge in [-0.3, -0.25) is 14.5 Å². The molecule has 0 aliphatic heterocycles. The third kappa shape index (κ3) is 3.82. The van der Waals surface area contributed by atoms with Crippen molar-refractivity contribution < 1.29 is 14.3 Å². The maximum Gasteiger partial charge on any atom is 0.263 e. The fraction of sp³-hybridized carbons (Fsp3) is 0.389. The second-order valence-electron chi connectivity index (χ2n) is 6.03. The summed E-state index contributed by atoms with van der Waals surface area (Å²) in [7, 11) is 1.61. The van der Waals surface area contributed by atoms with E-state index < -0.39 is 0 Å². The van der Waals surface area contributed by atoms with Crippen molar-refractivity contribution in [1.82, 2.24) is 10.3 Å². The van der Waals surface area contributed by atoms with Crippen molar-refractivity contribution in [2.45, 2.75) is 39.3 Å². The Morgan fingerprint density at radius 2 is 2.08 bits per heavy atom. The van der Waals surface area contributed by atoms with E-state index in [-0.39, 0.29) is 17.9 Å². The van der Waals surface area contributed by atoms with Gasteiger partial charge in [-0.25, -0.2) is 4.98 Å². The van der Waals surface area contributed by atoms with E-state index in [9.17, 15) is 9.59 Å². The fourth-order valence-corrected chi connectivity index (χ4v) is 3.78. The highest BCUT2D eigenvalue weighted by Gasteiger charge is 2.34. The molecule has 6 nitrogen and oxygen atoms in total. The molecule has 1 aliphatic carbocycles. The maximum absolute atomic E-state index is 12.5. The number of ether oxygens (including phenoxy) is 1. The van der Waals surface area contributed by atoms with Crippen LogP contribution in [0.15, 0.2) is 24.3 Å². The number of aromatic nitrogens is 1. The van der Waals surface area contributed by atoms with Crippen molar-refractivity contribution in [1.29, 1.82) is 0 Å². The molecule has 7 heteroatoms. The average Bonchev–Trinajstić information content (AvgIpc) is 3.34. The monoisotopic (exact) mass is 359 g/mol. The number of para-hydroxylation sites is 1. The molecule has 1 aromatic heterocycles. The van der Waals surface area contributed by atoms with Gasteiger partial charge in [0.05, 0.1) is 12.8 Å². The third-order valence-electron chi connectivity index (χ3n) is 4.08. The quantitative estimate of drug-likeness (QED) is 0.861. The summed E-state index contributed by atoms with van der Waals surface area (Å²) >= 11 is 1.27. The molecule has 1 N–H and O–H groups in total. The molecule has 0 bridgehead atoms. The molecule has 1 aliphatic rings. The van der Waals surface area contributed by atoms with Gasteiger partial charge in [0, 0.05) is 25.1 Å². The normalized spacial score (nSPS) is 13.4. The summed E-state index contributed by atoms with van der Waals surface area (Å²) in [6.45, 7) is 3.70. The first-order chi connectivity index (χ1) is 12.0. The van der Waals surface area contributed by atoms with Crippen LogP contribution in [0.4, 0.5) is 5.13 Å². The van der Waals surface area contributed by atoms with Crippen LogP contribution in [0.3, 0.4) is 0 Å². The Morgan fingerprint density at radius 3 is 2.72 bits per heavy atom. The van der Waals surface area contributed by atoms with Crippen molar-refractivity contribution in [3.8, 4) is 5.75 Å². The molecule has 2 aromatic rings. The number of hydrogen-bond acceptors (Lipinski definition) is 5. The molecule has 0 radical (unpaired) electrons. The van der Waals surface area contributed by atoms with Gasteiger partial charge < -0.3 is 10.1 Å². The van der Waals surface area contributed by atoms with Crippen LogP contribution in [0.25, 0.3) is 0 Å². The van der Waals surface area contributed by atoms with Gasteiger partial charge >= 0.3 is 0 Å². The number of hydrogen-bond donors (Lipinski definition) is 1. The second kappa shape index (κ2) is 7.23. The fourth-order valence-electron chi connectivity index (χ4n) is 2.68. The number of nitrogens with zero attached hydrogens (tertiary/aromatic N) is 2. The molecule has 3 rings (SSSR count). The topological polar surface area (TPSA) is 71.5 Å². The number of carbonyl (C=O) groups excluding carboxylic acids is 2. The summed E-state index contributed by atoms with van der Waals surface area (Å²) < 4.78 is 5.30. The lowest BCUT2D eigenvalue weighted by molar-refractivity contribution is -0.116. The smallest absolute Gasteiger partial charge is 0.263 e. The first-order valence-electron chi connectivity index (χ1n) is 8.18. The summed E-state index contributed by atoms with van der Waals surface area (Å²) in [4.78, 5) is 31.1. The largest absolute Gasteiger partial charge is 0.496 e. The van der Waals surface area contributed by atoms with E-state index in [1.54, 1.807) is 18.9 Å². The first kappa shape index (κ1) is 17.4. The molecule has 0 saturated heterocycles. The van der Waals surface area contributed by atoms with Crippen LogP contribution in [0, 0.1) is 6.92 Å². The standard InChI is InChI=1S/C18H21N3O3S/c1-11-16(25-18(20-11)21(12(2)22)14-8-9-14)17(23)19-10-13-6-4-5-7-15(13)24-3/h4-7,14H,8-10H2,1-3H3,(H,19,23). The van der Waals surface area contributed by atoms with Gasteiger partial charge in [0.1, 0.15) is 10.6 Å². The lowest BCUT2D eigenvalue weighted by Gasteiger charge is -2.16. The highest BCUT2D eigenvalue weighted by molar-refractivity contribution is 7.17. The number of aryl methyl sites for hydroxylation is 1. The molecule has 1 saturated carbocycles. The maximum atomic E-state index is 12.5. The SMILES string of the molecule is COc1ccccc1CNC(=O)c1sc(N(C(C)=O)C2CC2)nc1C. The third-order valence-corrected chi connectivity index (χ3v) is 5.24. The minimum atomic E-state index is -0.188. The van der Waals surface area contributed by atoms with E-state index in [0.29, 0.717) is 22.2 Å².